The Kier molecular flexibility index (Phi) is 5.71. The SMILES string of the molecule is O=C(c1cc(S(=O)(=O)N2CCOCC2)ccc1F)N1CC[C@H]2CCCC[C@@H]2C1. The lowest BCUT2D eigenvalue weighted by molar-refractivity contribution is 0.0516. The molecule has 0 aromatic heterocycles. The summed E-state index contributed by atoms with van der Waals surface area (Å²) in [5.41, 5.74) is -0.149. The van der Waals surface area contributed by atoms with Crippen LogP contribution in [-0.2, 0) is 14.8 Å². The first-order valence-corrected chi connectivity index (χ1v) is 11.6. The van der Waals surface area contributed by atoms with Crippen LogP contribution in [0.4, 0.5) is 4.39 Å². The summed E-state index contributed by atoms with van der Waals surface area (Å²) in [7, 11) is -3.77. The number of piperidine rings is 1. The predicted molar refractivity (Wildman–Crippen MR) is 102 cm³/mol. The second kappa shape index (κ2) is 8.08. The van der Waals surface area contributed by atoms with Crippen LogP contribution < -0.4 is 0 Å². The minimum Gasteiger partial charge on any atom is -0.379 e. The second-order valence-electron chi connectivity index (χ2n) is 8.00. The Bertz CT molecular complexity index is 839. The van der Waals surface area contributed by atoms with Gasteiger partial charge in [0.05, 0.1) is 23.7 Å². The number of hydrogen-bond acceptors (Lipinski definition) is 4. The van der Waals surface area contributed by atoms with Crippen molar-refractivity contribution in [1.29, 1.82) is 0 Å². The molecule has 2 heterocycles. The summed E-state index contributed by atoms with van der Waals surface area (Å²) in [6, 6.07) is 3.54. The largest absolute Gasteiger partial charge is 0.379 e. The third-order valence-electron chi connectivity index (χ3n) is 6.35. The molecule has 8 heteroatoms. The molecule has 1 aromatic carbocycles. The highest BCUT2D eigenvalue weighted by atomic mass is 32.2. The van der Waals surface area contributed by atoms with Crippen LogP contribution in [0.3, 0.4) is 0 Å². The fourth-order valence-electron chi connectivity index (χ4n) is 4.72. The van der Waals surface area contributed by atoms with E-state index in [0.29, 0.717) is 38.1 Å². The Morgan fingerprint density at radius 1 is 1.04 bits per heavy atom. The lowest BCUT2D eigenvalue weighted by Crippen LogP contribution is -2.45. The van der Waals surface area contributed by atoms with Gasteiger partial charge in [-0.3, -0.25) is 4.79 Å². The first kappa shape index (κ1) is 19.8. The minimum atomic E-state index is -3.77. The zero-order valence-electron chi connectivity index (χ0n) is 16.0. The normalized spacial score (nSPS) is 26.7. The number of likely N-dealkylation sites (tertiary alicyclic amines) is 1. The van der Waals surface area contributed by atoms with Gasteiger partial charge in [-0.05, 0) is 42.9 Å². The lowest BCUT2D eigenvalue weighted by Gasteiger charge is -2.41. The average molecular weight is 411 g/mol. The van der Waals surface area contributed by atoms with Gasteiger partial charge in [-0.25, -0.2) is 12.8 Å². The number of amides is 1. The van der Waals surface area contributed by atoms with Crippen LogP contribution in [0.1, 0.15) is 42.5 Å². The molecule has 3 fully saturated rings. The van der Waals surface area contributed by atoms with Gasteiger partial charge in [-0.15, -0.1) is 0 Å². The number of sulfonamides is 1. The van der Waals surface area contributed by atoms with Gasteiger partial charge in [-0.2, -0.15) is 4.31 Å². The summed E-state index contributed by atoms with van der Waals surface area (Å²) in [6.45, 7) is 2.45. The summed E-state index contributed by atoms with van der Waals surface area (Å²) in [4.78, 5) is 14.7. The molecular weight excluding hydrogens is 383 g/mol. The molecule has 0 N–H and O–H groups in total. The summed E-state index contributed by atoms with van der Waals surface area (Å²) in [5, 5.41) is 0. The Morgan fingerprint density at radius 3 is 2.50 bits per heavy atom. The van der Waals surface area contributed by atoms with E-state index in [2.05, 4.69) is 0 Å². The fourth-order valence-corrected chi connectivity index (χ4v) is 6.16. The molecule has 1 aromatic rings. The fraction of sp³-hybridized carbons (Fsp3) is 0.650. The first-order valence-electron chi connectivity index (χ1n) is 10.1. The molecule has 0 spiro atoms. The molecule has 2 aliphatic heterocycles. The van der Waals surface area contributed by atoms with Gasteiger partial charge in [0.25, 0.3) is 5.91 Å². The number of halogens is 1. The minimum absolute atomic E-state index is 0.0355. The van der Waals surface area contributed by atoms with Crippen LogP contribution in [0.5, 0.6) is 0 Å². The number of hydrogen-bond donors (Lipinski definition) is 0. The molecule has 1 amide bonds. The Hall–Kier alpha value is -1.51. The average Bonchev–Trinajstić information content (AvgIpc) is 2.73. The van der Waals surface area contributed by atoms with Crippen LogP contribution in [0.25, 0.3) is 0 Å². The Balaban J connectivity index is 1.56. The van der Waals surface area contributed by atoms with E-state index in [1.54, 1.807) is 4.90 Å². The van der Waals surface area contributed by atoms with Crippen molar-refractivity contribution in [3.63, 3.8) is 0 Å². The van der Waals surface area contributed by atoms with Gasteiger partial charge in [0.15, 0.2) is 0 Å². The van der Waals surface area contributed by atoms with Crippen LogP contribution in [0, 0.1) is 17.7 Å². The molecule has 6 nitrogen and oxygen atoms in total. The van der Waals surface area contributed by atoms with Crippen LogP contribution in [-0.4, -0.2) is 62.9 Å². The van der Waals surface area contributed by atoms with Gasteiger partial charge in [0, 0.05) is 26.2 Å². The molecule has 4 rings (SSSR count). The van der Waals surface area contributed by atoms with Gasteiger partial charge < -0.3 is 9.64 Å². The first-order chi connectivity index (χ1) is 13.5. The molecule has 2 atom stereocenters. The molecule has 1 saturated carbocycles. The topological polar surface area (TPSA) is 66.9 Å². The molecule has 3 aliphatic rings. The van der Waals surface area contributed by atoms with E-state index in [9.17, 15) is 17.6 Å². The third kappa shape index (κ3) is 3.82. The van der Waals surface area contributed by atoms with Crippen molar-refractivity contribution >= 4 is 15.9 Å². The zero-order chi connectivity index (χ0) is 19.7. The van der Waals surface area contributed by atoms with Gasteiger partial charge in [-0.1, -0.05) is 19.3 Å². The van der Waals surface area contributed by atoms with Crippen molar-refractivity contribution in [3.05, 3.63) is 29.6 Å². The number of ether oxygens (including phenoxy) is 1. The van der Waals surface area contributed by atoms with Gasteiger partial charge in [0.1, 0.15) is 5.82 Å². The van der Waals surface area contributed by atoms with Crippen molar-refractivity contribution < 1.29 is 22.3 Å². The Labute approximate surface area is 165 Å². The van der Waals surface area contributed by atoms with E-state index in [4.69, 9.17) is 4.74 Å². The van der Waals surface area contributed by atoms with Gasteiger partial charge in [0.2, 0.25) is 10.0 Å². The predicted octanol–water partition coefficient (Wildman–Crippen LogP) is 2.50. The van der Waals surface area contributed by atoms with E-state index in [1.165, 1.54) is 35.7 Å². The maximum atomic E-state index is 14.5. The molecule has 0 unspecified atom stereocenters. The quantitative estimate of drug-likeness (QED) is 0.768. The van der Waals surface area contributed by atoms with Crippen molar-refractivity contribution in [1.82, 2.24) is 9.21 Å². The smallest absolute Gasteiger partial charge is 0.256 e. The molecule has 0 radical (unpaired) electrons. The number of benzene rings is 1. The summed E-state index contributed by atoms with van der Waals surface area (Å²) >= 11 is 0. The van der Waals surface area contributed by atoms with Crippen molar-refractivity contribution in [2.75, 3.05) is 39.4 Å². The van der Waals surface area contributed by atoms with E-state index in [-0.39, 0.29) is 23.5 Å². The number of morpholine rings is 1. The lowest BCUT2D eigenvalue weighted by atomic mass is 9.75. The monoisotopic (exact) mass is 410 g/mol. The summed E-state index contributed by atoms with van der Waals surface area (Å²) in [5.74, 6) is 0.0719. The van der Waals surface area contributed by atoms with E-state index in [1.807, 2.05) is 0 Å². The number of carbonyl (C=O) groups is 1. The number of carbonyl (C=O) groups excluding carboxylic acids is 1. The van der Waals surface area contributed by atoms with Crippen molar-refractivity contribution in [2.45, 2.75) is 37.0 Å². The highest BCUT2D eigenvalue weighted by Gasteiger charge is 2.34. The highest BCUT2D eigenvalue weighted by Crippen LogP contribution is 2.36. The summed E-state index contributed by atoms with van der Waals surface area (Å²) in [6.07, 6.45) is 5.72. The number of rotatable bonds is 3. The molecule has 154 valence electrons. The van der Waals surface area contributed by atoms with E-state index < -0.39 is 21.7 Å². The second-order valence-corrected chi connectivity index (χ2v) is 9.94. The molecule has 28 heavy (non-hydrogen) atoms. The van der Waals surface area contributed by atoms with Crippen molar-refractivity contribution in [2.24, 2.45) is 11.8 Å². The van der Waals surface area contributed by atoms with Crippen LogP contribution >= 0.6 is 0 Å². The van der Waals surface area contributed by atoms with Crippen LogP contribution in [0.15, 0.2) is 23.1 Å². The molecular formula is C20H27FN2O4S. The van der Waals surface area contributed by atoms with Gasteiger partial charge >= 0.3 is 0 Å². The zero-order valence-corrected chi connectivity index (χ0v) is 16.8. The van der Waals surface area contributed by atoms with Crippen molar-refractivity contribution in [3.8, 4) is 0 Å². The summed E-state index contributed by atoms with van der Waals surface area (Å²) < 4.78 is 46.7. The Morgan fingerprint density at radius 2 is 1.75 bits per heavy atom. The maximum Gasteiger partial charge on any atom is 0.256 e. The maximum absolute atomic E-state index is 14.5. The molecule has 2 saturated heterocycles. The highest BCUT2D eigenvalue weighted by molar-refractivity contribution is 7.89. The van der Waals surface area contributed by atoms with E-state index in [0.717, 1.165) is 18.9 Å². The van der Waals surface area contributed by atoms with E-state index >= 15 is 0 Å². The standard InChI is InChI=1S/C20H27FN2O4S/c21-19-6-5-17(28(25,26)23-9-11-27-12-10-23)13-18(19)20(24)22-8-7-15-3-1-2-4-16(15)14-22/h5-6,13,15-16H,1-4,7-12,14H2/t15-,16-/m1/s1. The molecule has 1 aliphatic carbocycles. The third-order valence-corrected chi connectivity index (χ3v) is 8.25. The van der Waals surface area contributed by atoms with Crippen LogP contribution in [0.2, 0.25) is 0 Å². The number of nitrogens with zero attached hydrogens (tertiary/aromatic N) is 2. The number of fused-ring (bicyclic) bond motifs is 1. The molecule has 0 bridgehead atoms.